The number of aliphatic hydroxyl groups is 1. The van der Waals surface area contributed by atoms with Crippen molar-refractivity contribution in [3.63, 3.8) is 0 Å². The lowest BCUT2D eigenvalue weighted by molar-refractivity contribution is 0.244. The molecule has 0 unspecified atom stereocenters. The molecule has 1 aromatic heterocycles. The molecule has 0 atom stereocenters. The Bertz CT molecular complexity index is 453. The van der Waals surface area contributed by atoms with Gasteiger partial charge in [0.15, 0.2) is 5.89 Å². The fourth-order valence-electron chi connectivity index (χ4n) is 1.31. The fraction of sp³-hybridized carbons (Fsp3) is 0.182. The standard InChI is InChI=1S/C11H10ClNO2/c12-10-4-2-1-3-8(10)5-11-13-6-9(7-14)15-11/h1-4,6,14H,5,7H2. The lowest BCUT2D eigenvalue weighted by atomic mass is 10.1. The third-order valence-electron chi connectivity index (χ3n) is 2.06. The SMILES string of the molecule is OCc1cnc(Cc2ccccc2Cl)o1. The third kappa shape index (κ3) is 2.37. The number of benzene rings is 1. The Morgan fingerprint density at radius 3 is 2.80 bits per heavy atom. The van der Waals surface area contributed by atoms with Gasteiger partial charge in [0, 0.05) is 5.02 Å². The fourth-order valence-corrected chi connectivity index (χ4v) is 1.51. The summed E-state index contributed by atoms with van der Waals surface area (Å²) in [4.78, 5) is 4.04. The highest BCUT2D eigenvalue weighted by Crippen LogP contribution is 2.18. The summed E-state index contributed by atoms with van der Waals surface area (Å²) in [5.74, 6) is 1.03. The van der Waals surface area contributed by atoms with Gasteiger partial charge >= 0.3 is 0 Å². The molecule has 0 bridgehead atoms. The van der Waals surface area contributed by atoms with Gasteiger partial charge in [-0.25, -0.2) is 4.98 Å². The van der Waals surface area contributed by atoms with Crippen molar-refractivity contribution in [1.82, 2.24) is 4.98 Å². The monoisotopic (exact) mass is 223 g/mol. The summed E-state index contributed by atoms with van der Waals surface area (Å²) in [5, 5.41) is 9.51. The van der Waals surface area contributed by atoms with E-state index in [4.69, 9.17) is 21.1 Å². The highest BCUT2D eigenvalue weighted by atomic mass is 35.5. The molecular weight excluding hydrogens is 214 g/mol. The van der Waals surface area contributed by atoms with Gasteiger partial charge in [-0.1, -0.05) is 29.8 Å². The van der Waals surface area contributed by atoms with Gasteiger partial charge in [-0.05, 0) is 11.6 Å². The number of hydrogen-bond acceptors (Lipinski definition) is 3. The molecule has 0 saturated carbocycles. The molecule has 0 aliphatic carbocycles. The largest absolute Gasteiger partial charge is 0.443 e. The zero-order valence-electron chi connectivity index (χ0n) is 7.98. The maximum atomic E-state index is 8.81. The Morgan fingerprint density at radius 2 is 2.13 bits per heavy atom. The van der Waals surface area contributed by atoms with Gasteiger partial charge in [0.05, 0.1) is 12.6 Å². The smallest absolute Gasteiger partial charge is 0.198 e. The Labute approximate surface area is 92.3 Å². The molecule has 2 aromatic rings. The maximum absolute atomic E-state index is 8.81. The molecule has 3 nitrogen and oxygen atoms in total. The van der Waals surface area contributed by atoms with Crippen LogP contribution in [0.2, 0.25) is 5.02 Å². The third-order valence-corrected chi connectivity index (χ3v) is 2.43. The van der Waals surface area contributed by atoms with Crippen LogP contribution in [0.1, 0.15) is 17.2 Å². The zero-order chi connectivity index (χ0) is 10.7. The Kier molecular flexibility index (Phi) is 3.04. The van der Waals surface area contributed by atoms with Crippen LogP contribution in [0.3, 0.4) is 0 Å². The van der Waals surface area contributed by atoms with Crippen molar-refractivity contribution < 1.29 is 9.52 Å². The molecule has 78 valence electrons. The summed E-state index contributed by atoms with van der Waals surface area (Å²) < 4.78 is 5.27. The first-order valence-corrected chi connectivity index (χ1v) is 4.95. The van der Waals surface area contributed by atoms with Crippen LogP contribution in [-0.2, 0) is 13.0 Å². The minimum absolute atomic E-state index is 0.129. The van der Waals surface area contributed by atoms with Crippen LogP contribution in [-0.4, -0.2) is 10.1 Å². The summed E-state index contributed by atoms with van der Waals surface area (Å²) in [6.45, 7) is -0.129. The van der Waals surface area contributed by atoms with Crippen molar-refractivity contribution in [3.05, 3.63) is 52.7 Å². The van der Waals surface area contributed by atoms with Gasteiger partial charge in [0.2, 0.25) is 0 Å². The van der Waals surface area contributed by atoms with E-state index in [0.717, 1.165) is 5.56 Å². The highest BCUT2D eigenvalue weighted by Gasteiger charge is 2.06. The molecule has 0 aliphatic heterocycles. The van der Waals surface area contributed by atoms with Crippen LogP contribution < -0.4 is 0 Å². The van der Waals surface area contributed by atoms with Crippen LogP contribution in [0.4, 0.5) is 0 Å². The van der Waals surface area contributed by atoms with Gasteiger partial charge in [-0.2, -0.15) is 0 Å². The Balaban J connectivity index is 2.18. The van der Waals surface area contributed by atoms with Gasteiger partial charge in [-0.3, -0.25) is 0 Å². The minimum Gasteiger partial charge on any atom is -0.443 e. The first-order chi connectivity index (χ1) is 7.29. The topological polar surface area (TPSA) is 46.3 Å². The van der Waals surface area contributed by atoms with E-state index in [0.29, 0.717) is 23.1 Å². The summed E-state index contributed by atoms with van der Waals surface area (Å²) >= 11 is 6.00. The Morgan fingerprint density at radius 1 is 1.33 bits per heavy atom. The van der Waals surface area contributed by atoms with E-state index < -0.39 is 0 Å². The van der Waals surface area contributed by atoms with E-state index in [2.05, 4.69) is 4.98 Å². The van der Waals surface area contributed by atoms with Crippen molar-refractivity contribution in [3.8, 4) is 0 Å². The second-order valence-corrected chi connectivity index (χ2v) is 3.55. The molecule has 2 rings (SSSR count). The number of aliphatic hydroxyl groups excluding tert-OH is 1. The average molecular weight is 224 g/mol. The van der Waals surface area contributed by atoms with Crippen LogP contribution in [0.25, 0.3) is 0 Å². The highest BCUT2D eigenvalue weighted by molar-refractivity contribution is 6.31. The second kappa shape index (κ2) is 4.47. The lowest BCUT2D eigenvalue weighted by Gasteiger charge is -1.99. The predicted molar refractivity (Wildman–Crippen MR) is 56.7 cm³/mol. The van der Waals surface area contributed by atoms with Crippen molar-refractivity contribution in [2.45, 2.75) is 13.0 Å². The van der Waals surface area contributed by atoms with Crippen LogP contribution >= 0.6 is 11.6 Å². The molecule has 1 N–H and O–H groups in total. The first kappa shape index (κ1) is 10.2. The summed E-state index contributed by atoms with van der Waals surface area (Å²) in [6.07, 6.45) is 2.06. The molecule has 4 heteroatoms. The second-order valence-electron chi connectivity index (χ2n) is 3.15. The molecule has 15 heavy (non-hydrogen) atoms. The quantitative estimate of drug-likeness (QED) is 0.869. The van der Waals surface area contributed by atoms with Gasteiger partial charge < -0.3 is 9.52 Å². The number of oxazole rings is 1. The van der Waals surface area contributed by atoms with E-state index >= 15 is 0 Å². The number of halogens is 1. The predicted octanol–water partition coefficient (Wildman–Crippen LogP) is 2.41. The van der Waals surface area contributed by atoms with Gasteiger partial charge in [0.25, 0.3) is 0 Å². The molecule has 0 saturated heterocycles. The summed E-state index contributed by atoms with van der Waals surface area (Å²) in [7, 11) is 0. The van der Waals surface area contributed by atoms with Crippen LogP contribution in [0.5, 0.6) is 0 Å². The number of nitrogens with zero attached hydrogens (tertiary/aromatic N) is 1. The molecule has 0 amide bonds. The average Bonchev–Trinajstić information content (AvgIpc) is 2.69. The lowest BCUT2D eigenvalue weighted by Crippen LogP contribution is -1.88. The molecule has 1 aromatic carbocycles. The number of aromatic nitrogens is 1. The molecule has 0 radical (unpaired) electrons. The Hall–Kier alpha value is -1.32. The van der Waals surface area contributed by atoms with E-state index in [1.165, 1.54) is 6.20 Å². The zero-order valence-corrected chi connectivity index (χ0v) is 8.74. The molecular formula is C11H10ClNO2. The van der Waals surface area contributed by atoms with Crippen molar-refractivity contribution in [2.75, 3.05) is 0 Å². The summed E-state index contributed by atoms with van der Waals surface area (Å²) in [6, 6.07) is 7.54. The maximum Gasteiger partial charge on any atom is 0.198 e. The van der Waals surface area contributed by atoms with Gasteiger partial charge in [-0.15, -0.1) is 0 Å². The minimum atomic E-state index is -0.129. The number of rotatable bonds is 3. The normalized spacial score (nSPS) is 10.5. The van der Waals surface area contributed by atoms with Crippen molar-refractivity contribution in [2.24, 2.45) is 0 Å². The molecule has 0 aliphatic rings. The van der Waals surface area contributed by atoms with E-state index in [9.17, 15) is 0 Å². The molecule has 1 heterocycles. The van der Waals surface area contributed by atoms with Crippen LogP contribution in [0, 0.1) is 0 Å². The van der Waals surface area contributed by atoms with E-state index in [1.54, 1.807) is 0 Å². The summed E-state index contributed by atoms with van der Waals surface area (Å²) in [5.41, 5.74) is 0.963. The molecule has 0 fully saturated rings. The first-order valence-electron chi connectivity index (χ1n) is 4.57. The van der Waals surface area contributed by atoms with Crippen molar-refractivity contribution >= 4 is 11.6 Å². The molecule has 0 spiro atoms. The van der Waals surface area contributed by atoms with Gasteiger partial charge in [0.1, 0.15) is 12.4 Å². The van der Waals surface area contributed by atoms with Crippen LogP contribution in [0.15, 0.2) is 34.9 Å². The number of hydrogen-bond donors (Lipinski definition) is 1. The van der Waals surface area contributed by atoms with E-state index in [1.807, 2.05) is 24.3 Å². The van der Waals surface area contributed by atoms with E-state index in [-0.39, 0.29) is 6.61 Å². The van der Waals surface area contributed by atoms with Crippen molar-refractivity contribution in [1.29, 1.82) is 0 Å².